The molecule has 0 amide bonds. The van der Waals surface area contributed by atoms with Crippen LogP contribution in [0.3, 0.4) is 0 Å². The fraction of sp³-hybridized carbons (Fsp3) is 0.333. The first-order chi connectivity index (χ1) is 16.6. The molecule has 2 aliphatic rings. The van der Waals surface area contributed by atoms with Crippen LogP contribution in [-0.4, -0.2) is 71.1 Å². The summed E-state index contributed by atoms with van der Waals surface area (Å²) in [5, 5.41) is 13.5. The summed E-state index contributed by atoms with van der Waals surface area (Å²) in [7, 11) is 0. The number of hydrogen-bond acceptors (Lipinski definition) is 5. The second kappa shape index (κ2) is 9.23. The molecule has 6 nitrogen and oxygen atoms in total. The summed E-state index contributed by atoms with van der Waals surface area (Å²) in [5.74, 6) is 1.65. The van der Waals surface area contributed by atoms with Crippen LogP contribution in [0.25, 0.3) is 21.8 Å². The summed E-state index contributed by atoms with van der Waals surface area (Å²) in [4.78, 5) is 4.74. The van der Waals surface area contributed by atoms with Crippen molar-refractivity contribution in [3.8, 4) is 11.5 Å². The highest BCUT2D eigenvalue weighted by atomic mass is 79.9. The van der Waals surface area contributed by atoms with E-state index in [1.54, 1.807) is 0 Å². The number of hydrogen-bond donors (Lipinski definition) is 1. The van der Waals surface area contributed by atoms with E-state index in [0.717, 1.165) is 59.7 Å². The zero-order valence-electron chi connectivity index (χ0n) is 18.9. The third-order valence-electron chi connectivity index (χ3n) is 6.83. The second-order valence-electron chi connectivity index (χ2n) is 9.16. The van der Waals surface area contributed by atoms with Gasteiger partial charge in [-0.2, -0.15) is 0 Å². The van der Waals surface area contributed by atoms with Gasteiger partial charge < -0.3 is 19.1 Å². The first kappa shape index (κ1) is 21.9. The van der Waals surface area contributed by atoms with Crippen molar-refractivity contribution in [1.82, 2.24) is 14.4 Å². The van der Waals surface area contributed by atoms with Crippen LogP contribution in [-0.2, 0) is 6.54 Å². The average molecular weight is 522 g/mol. The molecule has 7 heteroatoms. The first-order valence-corrected chi connectivity index (χ1v) is 12.6. The maximum absolute atomic E-state index is 11.0. The van der Waals surface area contributed by atoms with Gasteiger partial charge in [0.1, 0.15) is 0 Å². The standard InChI is InChI=1S/C27H28BrN3O3/c28-19-9-10-24-22(15-19)21-5-1-2-6-23(21)31(24)17-20(32)16-29-11-13-30(14-12-29)18-27-33-25-7-3-4-8-26(25)34-27/h1-10,15,20,27,32H,11-14,16-18H2. The molecule has 0 radical (unpaired) electrons. The van der Waals surface area contributed by atoms with E-state index in [-0.39, 0.29) is 6.29 Å². The predicted octanol–water partition coefficient (Wildman–Crippen LogP) is 4.33. The Morgan fingerprint density at radius 1 is 0.794 bits per heavy atom. The number of aromatic nitrogens is 1. The minimum atomic E-state index is -0.440. The summed E-state index contributed by atoms with van der Waals surface area (Å²) < 4.78 is 15.2. The quantitative estimate of drug-likeness (QED) is 0.409. The van der Waals surface area contributed by atoms with Crippen LogP contribution in [0.2, 0.25) is 0 Å². The molecule has 34 heavy (non-hydrogen) atoms. The second-order valence-corrected chi connectivity index (χ2v) is 10.1. The zero-order chi connectivity index (χ0) is 23.1. The molecule has 0 saturated carbocycles. The summed E-state index contributed by atoms with van der Waals surface area (Å²) in [5.41, 5.74) is 2.32. The number of aliphatic hydroxyl groups excluding tert-OH is 1. The van der Waals surface area contributed by atoms with E-state index in [0.29, 0.717) is 13.1 Å². The van der Waals surface area contributed by atoms with E-state index in [4.69, 9.17) is 9.47 Å². The van der Waals surface area contributed by atoms with Gasteiger partial charge in [-0.05, 0) is 36.4 Å². The average Bonchev–Trinajstić information content (AvgIpc) is 3.39. The third kappa shape index (κ3) is 4.29. The largest absolute Gasteiger partial charge is 0.450 e. The van der Waals surface area contributed by atoms with Crippen molar-refractivity contribution in [3.63, 3.8) is 0 Å². The van der Waals surface area contributed by atoms with E-state index in [1.165, 1.54) is 10.8 Å². The first-order valence-electron chi connectivity index (χ1n) is 11.9. The molecular weight excluding hydrogens is 494 g/mol. The number of benzene rings is 3. The van der Waals surface area contributed by atoms with Gasteiger partial charge in [0.25, 0.3) is 6.29 Å². The van der Waals surface area contributed by atoms with Gasteiger partial charge in [0.05, 0.1) is 19.2 Å². The van der Waals surface area contributed by atoms with Crippen LogP contribution in [0.5, 0.6) is 11.5 Å². The van der Waals surface area contributed by atoms with Crippen molar-refractivity contribution in [1.29, 1.82) is 0 Å². The lowest BCUT2D eigenvalue weighted by molar-refractivity contribution is -0.00415. The van der Waals surface area contributed by atoms with E-state index in [1.807, 2.05) is 24.3 Å². The molecule has 3 heterocycles. The number of β-amino-alcohol motifs (C(OH)–C–C–N with tert-alkyl or cyclic N) is 1. The molecule has 6 rings (SSSR count). The summed E-state index contributed by atoms with van der Waals surface area (Å²) in [6.45, 7) is 5.73. The lowest BCUT2D eigenvalue weighted by Crippen LogP contribution is -2.51. The number of rotatable bonds is 6. The van der Waals surface area contributed by atoms with Crippen molar-refractivity contribution < 1.29 is 14.6 Å². The Labute approximate surface area is 207 Å². The molecule has 0 spiro atoms. The Morgan fingerprint density at radius 2 is 1.44 bits per heavy atom. The van der Waals surface area contributed by atoms with Crippen molar-refractivity contribution in [2.45, 2.75) is 18.9 Å². The topological polar surface area (TPSA) is 50.1 Å². The molecule has 2 aliphatic heterocycles. The van der Waals surface area contributed by atoms with Gasteiger partial charge in [-0.15, -0.1) is 0 Å². The van der Waals surface area contributed by atoms with Gasteiger partial charge in [-0.3, -0.25) is 9.80 Å². The number of ether oxygens (including phenoxy) is 2. The highest BCUT2D eigenvalue weighted by Crippen LogP contribution is 2.34. The molecule has 1 atom stereocenters. The molecule has 1 aromatic heterocycles. The molecule has 1 saturated heterocycles. The van der Waals surface area contributed by atoms with Crippen LogP contribution < -0.4 is 9.47 Å². The van der Waals surface area contributed by atoms with Crippen LogP contribution in [0.4, 0.5) is 0 Å². The van der Waals surface area contributed by atoms with E-state index >= 15 is 0 Å². The molecule has 0 bridgehead atoms. The molecule has 4 aromatic rings. The minimum absolute atomic E-state index is 0.245. The van der Waals surface area contributed by atoms with Gasteiger partial charge in [0.15, 0.2) is 11.5 Å². The molecule has 1 unspecified atom stereocenters. The Hall–Kier alpha value is -2.58. The smallest absolute Gasteiger partial charge is 0.254 e. The number of nitrogens with zero attached hydrogens (tertiary/aromatic N) is 3. The highest BCUT2D eigenvalue weighted by Gasteiger charge is 2.28. The van der Waals surface area contributed by atoms with Gasteiger partial charge in [0.2, 0.25) is 0 Å². The maximum atomic E-state index is 11.0. The summed E-state index contributed by atoms with van der Waals surface area (Å²) in [6.07, 6.45) is -0.685. The summed E-state index contributed by atoms with van der Waals surface area (Å²) in [6, 6.07) is 22.6. The Bertz CT molecular complexity index is 1290. The van der Waals surface area contributed by atoms with Crippen LogP contribution in [0.1, 0.15) is 0 Å². The summed E-state index contributed by atoms with van der Waals surface area (Å²) >= 11 is 3.60. The van der Waals surface area contributed by atoms with Gasteiger partial charge >= 0.3 is 0 Å². The minimum Gasteiger partial charge on any atom is -0.450 e. The number of halogens is 1. The predicted molar refractivity (Wildman–Crippen MR) is 138 cm³/mol. The zero-order valence-corrected chi connectivity index (χ0v) is 20.5. The third-order valence-corrected chi connectivity index (χ3v) is 7.33. The number of piperazine rings is 1. The Balaban J connectivity index is 1.06. The van der Waals surface area contributed by atoms with Crippen molar-refractivity contribution in [3.05, 3.63) is 71.2 Å². The highest BCUT2D eigenvalue weighted by molar-refractivity contribution is 9.10. The molecule has 176 valence electrons. The lowest BCUT2D eigenvalue weighted by atomic mass is 10.2. The van der Waals surface area contributed by atoms with Crippen molar-refractivity contribution >= 4 is 37.7 Å². The SMILES string of the molecule is OC(CN1CCN(CC2Oc3ccccc3O2)CC1)Cn1c2ccccc2c2cc(Br)ccc21. The number of aliphatic hydroxyl groups is 1. The van der Waals surface area contributed by atoms with E-state index in [9.17, 15) is 5.11 Å². The number of fused-ring (bicyclic) bond motifs is 4. The van der Waals surface area contributed by atoms with Crippen LogP contribution >= 0.6 is 15.9 Å². The van der Waals surface area contributed by atoms with Crippen LogP contribution in [0.15, 0.2) is 71.2 Å². The van der Waals surface area contributed by atoms with E-state index < -0.39 is 6.10 Å². The maximum Gasteiger partial charge on any atom is 0.254 e. The lowest BCUT2D eigenvalue weighted by Gasteiger charge is -2.36. The fourth-order valence-corrected chi connectivity index (χ4v) is 5.54. The molecule has 3 aromatic carbocycles. The van der Waals surface area contributed by atoms with Crippen molar-refractivity contribution in [2.75, 3.05) is 39.3 Å². The van der Waals surface area contributed by atoms with Gasteiger partial charge in [-0.25, -0.2) is 0 Å². The molecule has 1 N–H and O–H groups in total. The molecular formula is C27H28BrN3O3. The Morgan fingerprint density at radius 3 is 2.21 bits per heavy atom. The van der Waals surface area contributed by atoms with E-state index in [2.05, 4.69) is 72.8 Å². The monoisotopic (exact) mass is 521 g/mol. The Kier molecular flexibility index (Phi) is 5.95. The normalized spacial score (nSPS) is 18.2. The van der Waals surface area contributed by atoms with Crippen LogP contribution in [0, 0.1) is 0 Å². The fourth-order valence-electron chi connectivity index (χ4n) is 5.18. The number of para-hydroxylation sites is 3. The molecule has 1 fully saturated rings. The van der Waals surface area contributed by atoms with Crippen molar-refractivity contribution in [2.24, 2.45) is 0 Å². The molecule has 0 aliphatic carbocycles. The van der Waals surface area contributed by atoms with Gasteiger partial charge in [-0.1, -0.05) is 46.3 Å². The van der Waals surface area contributed by atoms with Gasteiger partial charge in [0, 0.05) is 59.0 Å².